The van der Waals surface area contributed by atoms with Crippen LogP contribution in [0, 0.1) is 0 Å². The number of hydrogen-bond donors (Lipinski definition) is 2. The van der Waals surface area contributed by atoms with Crippen molar-refractivity contribution < 1.29 is 14.3 Å². The van der Waals surface area contributed by atoms with Gasteiger partial charge < -0.3 is 20.1 Å². The molecule has 5 nitrogen and oxygen atoms in total. The van der Waals surface area contributed by atoms with Gasteiger partial charge in [0.15, 0.2) is 5.79 Å². The lowest BCUT2D eigenvalue weighted by atomic mass is 9.92. The number of carbonyl (C=O) groups is 1. The zero-order valence-corrected chi connectivity index (χ0v) is 15.7. The van der Waals surface area contributed by atoms with E-state index in [1.807, 2.05) is 50.2 Å². The fraction of sp³-hybridized carbons (Fsp3) is 0.409. The third-order valence-electron chi connectivity index (χ3n) is 5.19. The third-order valence-corrected chi connectivity index (χ3v) is 5.19. The number of hydrogen-bond acceptors (Lipinski definition) is 3. The zero-order valence-electron chi connectivity index (χ0n) is 15.7. The van der Waals surface area contributed by atoms with Gasteiger partial charge in [-0.1, -0.05) is 60.7 Å². The topological polar surface area (TPSA) is 59.6 Å². The van der Waals surface area contributed by atoms with Crippen LogP contribution in [0.1, 0.15) is 25.0 Å². The van der Waals surface area contributed by atoms with E-state index in [0.29, 0.717) is 12.8 Å². The van der Waals surface area contributed by atoms with Crippen LogP contribution in [0.2, 0.25) is 0 Å². The van der Waals surface area contributed by atoms with E-state index in [9.17, 15) is 4.79 Å². The highest BCUT2D eigenvalue weighted by Crippen LogP contribution is 2.34. The summed E-state index contributed by atoms with van der Waals surface area (Å²) >= 11 is 0. The van der Waals surface area contributed by atoms with Crippen molar-refractivity contribution in [3.63, 3.8) is 0 Å². The van der Waals surface area contributed by atoms with Gasteiger partial charge in [-0.3, -0.25) is 0 Å². The molecule has 2 fully saturated rings. The van der Waals surface area contributed by atoms with Crippen molar-refractivity contribution in [1.29, 1.82) is 0 Å². The van der Waals surface area contributed by atoms with Crippen LogP contribution in [0.3, 0.4) is 0 Å². The van der Waals surface area contributed by atoms with Crippen LogP contribution < -0.4 is 10.6 Å². The first kappa shape index (κ1) is 18.0. The Balaban J connectivity index is 1.60. The van der Waals surface area contributed by atoms with Crippen LogP contribution in [0.4, 0.5) is 4.79 Å². The highest BCUT2D eigenvalue weighted by molar-refractivity contribution is 5.75. The minimum Gasteiger partial charge on any atom is -0.342 e. The second-order valence-corrected chi connectivity index (χ2v) is 7.77. The summed E-state index contributed by atoms with van der Waals surface area (Å²) in [5, 5.41) is 6.19. The molecule has 0 aromatic heterocycles. The summed E-state index contributed by atoms with van der Waals surface area (Å²) in [6.07, 6.45) is 0.973. The number of rotatable bonds is 4. The summed E-state index contributed by atoms with van der Waals surface area (Å²) in [4.78, 5) is 12.5. The van der Waals surface area contributed by atoms with Gasteiger partial charge in [-0.25, -0.2) is 4.79 Å². The molecule has 5 heteroatoms. The van der Waals surface area contributed by atoms with Crippen molar-refractivity contribution in [2.24, 2.45) is 0 Å². The zero-order chi connectivity index (χ0) is 18.9. The van der Waals surface area contributed by atoms with Crippen molar-refractivity contribution in [2.45, 2.75) is 56.8 Å². The Morgan fingerprint density at radius 3 is 1.59 bits per heavy atom. The lowest BCUT2D eigenvalue weighted by molar-refractivity contribution is -0.150. The van der Waals surface area contributed by atoms with E-state index in [-0.39, 0.29) is 30.3 Å². The molecule has 2 N–H and O–H groups in total. The second kappa shape index (κ2) is 7.33. The summed E-state index contributed by atoms with van der Waals surface area (Å²) in [5.41, 5.74) is 2.33. The van der Waals surface area contributed by atoms with Gasteiger partial charge in [0.05, 0.1) is 12.1 Å². The molecule has 2 aliphatic rings. The van der Waals surface area contributed by atoms with E-state index in [1.165, 1.54) is 0 Å². The summed E-state index contributed by atoms with van der Waals surface area (Å²) in [7, 11) is 0. The first-order valence-corrected chi connectivity index (χ1v) is 9.51. The summed E-state index contributed by atoms with van der Waals surface area (Å²) in [6.45, 7) is 3.87. The molecule has 2 aromatic rings. The van der Waals surface area contributed by atoms with E-state index in [2.05, 4.69) is 34.9 Å². The number of fused-ring (bicyclic) bond motifs is 1. The molecular weight excluding hydrogens is 340 g/mol. The summed E-state index contributed by atoms with van der Waals surface area (Å²) in [5.74, 6) is -0.678. The van der Waals surface area contributed by atoms with Crippen molar-refractivity contribution in [3.05, 3.63) is 71.8 Å². The molecule has 1 unspecified atom stereocenters. The van der Waals surface area contributed by atoms with E-state index in [4.69, 9.17) is 9.47 Å². The molecule has 2 aliphatic heterocycles. The van der Waals surface area contributed by atoms with Gasteiger partial charge in [0.25, 0.3) is 0 Å². The third kappa shape index (κ3) is 4.15. The summed E-state index contributed by atoms with van der Waals surface area (Å²) < 4.78 is 12.5. The van der Waals surface area contributed by atoms with E-state index in [0.717, 1.165) is 11.1 Å². The average Bonchev–Trinajstić information content (AvgIpc) is 2.93. The first-order chi connectivity index (χ1) is 13.0. The van der Waals surface area contributed by atoms with Gasteiger partial charge in [0.1, 0.15) is 12.2 Å². The van der Waals surface area contributed by atoms with Gasteiger partial charge in [0.2, 0.25) is 0 Å². The Labute approximate surface area is 160 Å². The summed E-state index contributed by atoms with van der Waals surface area (Å²) in [6, 6.07) is 19.8. The number of nitrogens with one attached hydrogen (secondary N) is 2. The Bertz CT molecular complexity index is 715. The molecule has 0 saturated carbocycles. The molecule has 0 radical (unpaired) electrons. The fourth-order valence-electron chi connectivity index (χ4n) is 4.05. The van der Waals surface area contributed by atoms with Crippen LogP contribution in [-0.2, 0) is 22.3 Å². The highest BCUT2D eigenvalue weighted by atomic mass is 16.8. The lowest BCUT2D eigenvalue weighted by Gasteiger charge is -2.26. The minimum atomic E-state index is -0.678. The maximum atomic E-state index is 12.5. The van der Waals surface area contributed by atoms with Crippen LogP contribution in [-0.4, -0.2) is 36.1 Å². The Kier molecular flexibility index (Phi) is 4.89. The molecule has 2 amide bonds. The molecule has 2 aromatic carbocycles. The number of carbonyl (C=O) groups excluding carboxylic acids is 1. The van der Waals surface area contributed by atoms with E-state index in [1.54, 1.807) is 0 Å². The van der Waals surface area contributed by atoms with Crippen molar-refractivity contribution >= 4 is 6.03 Å². The highest BCUT2D eigenvalue weighted by Gasteiger charge is 2.50. The molecule has 2 saturated heterocycles. The number of benzene rings is 2. The molecule has 142 valence electrons. The Hall–Kier alpha value is -2.37. The Morgan fingerprint density at radius 2 is 1.19 bits per heavy atom. The fourth-order valence-corrected chi connectivity index (χ4v) is 4.05. The largest absolute Gasteiger partial charge is 0.342 e. The number of amides is 2. The number of urea groups is 1. The van der Waals surface area contributed by atoms with Gasteiger partial charge in [-0.2, -0.15) is 0 Å². The minimum absolute atomic E-state index is 0.153. The van der Waals surface area contributed by atoms with E-state index < -0.39 is 5.79 Å². The average molecular weight is 366 g/mol. The normalized spacial score (nSPS) is 29.3. The van der Waals surface area contributed by atoms with Crippen LogP contribution >= 0.6 is 0 Å². The monoisotopic (exact) mass is 366 g/mol. The van der Waals surface area contributed by atoms with Gasteiger partial charge in [-0.05, 0) is 37.8 Å². The number of ether oxygens (including phenoxy) is 2. The molecule has 4 rings (SSSR count). The van der Waals surface area contributed by atoms with Crippen molar-refractivity contribution in [2.75, 3.05) is 0 Å². The van der Waals surface area contributed by atoms with Crippen molar-refractivity contribution in [3.8, 4) is 0 Å². The lowest BCUT2D eigenvalue weighted by Crippen LogP contribution is -2.47. The van der Waals surface area contributed by atoms with Gasteiger partial charge in [-0.15, -0.1) is 0 Å². The van der Waals surface area contributed by atoms with Gasteiger partial charge >= 0.3 is 6.03 Å². The van der Waals surface area contributed by atoms with Gasteiger partial charge in [0, 0.05) is 0 Å². The Morgan fingerprint density at radius 1 is 0.778 bits per heavy atom. The van der Waals surface area contributed by atoms with Crippen LogP contribution in [0.5, 0.6) is 0 Å². The molecule has 27 heavy (non-hydrogen) atoms. The van der Waals surface area contributed by atoms with E-state index >= 15 is 0 Å². The second-order valence-electron chi connectivity index (χ2n) is 7.77. The maximum Gasteiger partial charge on any atom is 0.315 e. The smallest absolute Gasteiger partial charge is 0.315 e. The predicted octanol–water partition coefficient (Wildman–Crippen LogP) is 3.04. The predicted molar refractivity (Wildman–Crippen MR) is 103 cm³/mol. The van der Waals surface area contributed by atoms with Crippen LogP contribution in [0.15, 0.2) is 60.7 Å². The molecule has 4 atom stereocenters. The standard InChI is InChI=1S/C22H26N2O3/c1-22(2)26-19-17(13-15-9-5-3-6-10-15)23-21(25)24-18(20(19)27-22)14-16-11-7-4-8-12-16/h3-12,17-20H,13-14H2,1-2H3,(H2,23,24,25)/t17-,18?,19+,20+/m1/s1. The SMILES string of the molecule is CC1(C)O[C@H]2[C@@H](Cc3ccccc3)NC(=O)NC(Cc3ccccc3)[C@@H]2O1. The molecule has 0 spiro atoms. The molecular formula is C22H26N2O3. The molecule has 0 bridgehead atoms. The first-order valence-electron chi connectivity index (χ1n) is 9.51. The quantitative estimate of drug-likeness (QED) is 0.874. The molecule has 2 heterocycles. The maximum absolute atomic E-state index is 12.5. The van der Waals surface area contributed by atoms with Crippen molar-refractivity contribution in [1.82, 2.24) is 10.6 Å². The van der Waals surface area contributed by atoms with Crippen LogP contribution in [0.25, 0.3) is 0 Å². The molecule has 0 aliphatic carbocycles.